The molecular weight excluding hydrogens is 364 g/mol. The minimum atomic E-state index is 0.0851. The van der Waals surface area contributed by atoms with Crippen molar-refractivity contribution in [3.63, 3.8) is 0 Å². The van der Waals surface area contributed by atoms with Gasteiger partial charge < -0.3 is 0 Å². The van der Waals surface area contributed by atoms with Gasteiger partial charge in [0.2, 0.25) is 0 Å². The van der Waals surface area contributed by atoms with Gasteiger partial charge in [-0.3, -0.25) is 0 Å². The van der Waals surface area contributed by atoms with Crippen molar-refractivity contribution >= 4 is 28.4 Å². The Morgan fingerprint density at radius 2 is 1.52 bits per heavy atom. The molecule has 138 valence electrons. The van der Waals surface area contributed by atoms with Crippen LogP contribution in [0, 0.1) is 11.3 Å². The van der Waals surface area contributed by atoms with E-state index in [9.17, 15) is 0 Å². The molecule has 0 radical (unpaired) electrons. The first-order valence-corrected chi connectivity index (χ1v) is 11.6. The first-order valence-electron chi connectivity index (χ1n) is 9.82. The molecule has 0 aromatic heterocycles. The second-order valence-electron chi connectivity index (χ2n) is 8.94. The van der Waals surface area contributed by atoms with Gasteiger partial charge >= 0.3 is 0 Å². The average molecular weight is 391 g/mol. The summed E-state index contributed by atoms with van der Waals surface area (Å²) in [7, 11) is 0. The largest absolute Gasteiger partial charge is 0.136 e. The molecule has 2 aromatic rings. The van der Waals surface area contributed by atoms with Crippen molar-refractivity contribution in [2.45, 2.75) is 42.9 Å². The van der Waals surface area contributed by atoms with E-state index in [0.29, 0.717) is 16.4 Å². The number of hydrogen-bond acceptors (Lipinski definition) is 2. The number of hydrogen-bond donors (Lipinski definition) is 0. The normalized spacial score (nSPS) is 32.0. The molecule has 2 heterocycles. The topological polar surface area (TPSA) is 0 Å². The Hall–Kier alpha value is -1.38. The summed E-state index contributed by atoms with van der Waals surface area (Å²) in [5, 5.41) is 1.25. The highest BCUT2D eigenvalue weighted by Gasteiger charge is 2.63. The van der Waals surface area contributed by atoms with Gasteiger partial charge in [-0.2, -0.15) is 0 Å². The minimum absolute atomic E-state index is 0.0851. The van der Waals surface area contributed by atoms with Crippen molar-refractivity contribution in [1.29, 1.82) is 0 Å². The monoisotopic (exact) mass is 390 g/mol. The highest BCUT2D eigenvalue weighted by atomic mass is 32.2. The van der Waals surface area contributed by atoms with E-state index in [1.54, 1.807) is 11.1 Å². The second kappa shape index (κ2) is 6.06. The van der Waals surface area contributed by atoms with Gasteiger partial charge in [-0.15, -0.1) is 23.5 Å². The van der Waals surface area contributed by atoms with Crippen molar-refractivity contribution in [1.82, 2.24) is 0 Å². The van der Waals surface area contributed by atoms with Gasteiger partial charge in [0, 0.05) is 21.3 Å². The second-order valence-corrected chi connectivity index (χ2v) is 11.5. The zero-order chi connectivity index (χ0) is 18.8. The maximum absolute atomic E-state index is 2.65. The number of benzene rings is 2. The van der Waals surface area contributed by atoms with Crippen LogP contribution in [0.1, 0.15) is 38.8 Å². The quantitative estimate of drug-likeness (QED) is 0.500. The first-order chi connectivity index (χ1) is 12.9. The molecule has 4 bridgehead atoms. The van der Waals surface area contributed by atoms with Crippen LogP contribution in [0.5, 0.6) is 0 Å². The average Bonchev–Trinajstić information content (AvgIpc) is 3.16. The Morgan fingerprint density at radius 1 is 0.889 bits per heavy atom. The third kappa shape index (κ3) is 2.46. The maximum atomic E-state index is 2.65. The lowest BCUT2D eigenvalue weighted by molar-refractivity contribution is 0.494. The molecule has 2 aliphatic heterocycles. The van der Waals surface area contributed by atoms with E-state index in [2.05, 4.69) is 118 Å². The Labute approximate surface area is 171 Å². The first kappa shape index (κ1) is 17.7. The van der Waals surface area contributed by atoms with E-state index in [1.807, 2.05) is 0 Å². The van der Waals surface area contributed by atoms with Crippen LogP contribution < -0.4 is 0 Å². The molecule has 1 aliphatic carbocycles. The molecule has 5 rings (SSSR count). The Balaban J connectivity index is 1.72. The van der Waals surface area contributed by atoms with Crippen LogP contribution in [0.3, 0.4) is 0 Å². The lowest BCUT2D eigenvalue weighted by atomic mass is 9.78. The molecular formula is C25H26S2. The molecule has 0 amide bonds. The van der Waals surface area contributed by atoms with Crippen LogP contribution in [0.15, 0.2) is 77.9 Å². The Bertz CT molecular complexity index is 933. The number of allylic oxidation sites excluding steroid dienone is 1. The Kier molecular flexibility index (Phi) is 3.97. The minimum Gasteiger partial charge on any atom is -0.136 e. The van der Waals surface area contributed by atoms with Crippen molar-refractivity contribution < 1.29 is 0 Å². The van der Waals surface area contributed by atoms with E-state index in [4.69, 9.17) is 0 Å². The maximum Gasteiger partial charge on any atom is 0.0708 e. The molecule has 3 aliphatic rings. The van der Waals surface area contributed by atoms with Crippen LogP contribution in [0.4, 0.5) is 0 Å². The van der Waals surface area contributed by atoms with E-state index < -0.39 is 0 Å². The highest BCUT2D eigenvalue weighted by Crippen LogP contribution is 2.73. The molecule has 0 saturated carbocycles. The summed E-state index contributed by atoms with van der Waals surface area (Å²) in [6, 6.07) is 22.3. The molecule has 0 nitrogen and oxygen atoms in total. The van der Waals surface area contributed by atoms with Gasteiger partial charge in [0.1, 0.15) is 0 Å². The lowest BCUT2D eigenvalue weighted by Gasteiger charge is -2.42. The molecule has 0 N–H and O–H groups in total. The smallest absolute Gasteiger partial charge is 0.0708 e. The summed E-state index contributed by atoms with van der Waals surface area (Å²) in [5.41, 5.74) is 6.30. The standard InChI is InChI=1S/C25H26S2/c1-16-21(17-11-7-5-8-12-17)26-22-20-15-19(24(2,3)4)23(22)27-25(16,20)18-13-9-6-10-14-18/h5-15,20,22-23H,1-4H3/t20-,22-,23+,25-/m0/s1. The Morgan fingerprint density at radius 3 is 2.15 bits per heavy atom. The van der Waals surface area contributed by atoms with Gasteiger partial charge in [-0.25, -0.2) is 0 Å². The summed E-state index contributed by atoms with van der Waals surface area (Å²) in [6.45, 7) is 9.52. The zero-order valence-corrected chi connectivity index (χ0v) is 18.0. The highest BCUT2D eigenvalue weighted by molar-refractivity contribution is 8.11. The predicted octanol–water partition coefficient (Wildman–Crippen LogP) is 7.15. The molecule has 1 saturated heterocycles. The molecule has 2 aromatic carbocycles. The molecule has 0 spiro atoms. The van der Waals surface area contributed by atoms with Gasteiger partial charge in [0.05, 0.1) is 4.75 Å². The SMILES string of the molecule is CC1=C(c2ccccc2)S[C@@H]2[C@@H]3S[C@@]1(c1ccccc1)[C@H]2C=C3C(C)(C)C. The van der Waals surface area contributed by atoms with Crippen LogP contribution in [0.2, 0.25) is 0 Å². The van der Waals surface area contributed by atoms with Gasteiger partial charge in [-0.1, -0.05) is 93.1 Å². The van der Waals surface area contributed by atoms with Gasteiger partial charge in [-0.05, 0) is 29.0 Å². The van der Waals surface area contributed by atoms with Crippen LogP contribution in [0.25, 0.3) is 4.91 Å². The molecule has 27 heavy (non-hydrogen) atoms. The zero-order valence-electron chi connectivity index (χ0n) is 16.4. The van der Waals surface area contributed by atoms with Gasteiger partial charge in [0.25, 0.3) is 0 Å². The molecule has 4 atom stereocenters. The van der Waals surface area contributed by atoms with Crippen molar-refractivity contribution in [3.05, 3.63) is 89.0 Å². The molecule has 2 heteroatoms. The predicted molar refractivity (Wildman–Crippen MR) is 121 cm³/mol. The van der Waals surface area contributed by atoms with Crippen molar-refractivity contribution in [2.24, 2.45) is 11.3 Å². The van der Waals surface area contributed by atoms with E-state index in [0.717, 1.165) is 0 Å². The fourth-order valence-corrected chi connectivity index (χ4v) is 9.34. The number of thioether (sulfide) groups is 2. The van der Waals surface area contributed by atoms with Gasteiger partial charge in [0.15, 0.2) is 0 Å². The van der Waals surface area contributed by atoms with E-state index >= 15 is 0 Å². The van der Waals surface area contributed by atoms with E-state index in [1.165, 1.54) is 16.0 Å². The fourth-order valence-electron chi connectivity index (χ4n) is 5.09. The van der Waals surface area contributed by atoms with Crippen molar-refractivity contribution in [3.8, 4) is 0 Å². The van der Waals surface area contributed by atoms with Crippen LogP contribution in [-0.2, 0) is 4.75 Å². The van der Waals surface area contributed by atoms with Crippen LogP contribution in [-0.4, -0.2) is 10.5 Å². The van der Waals surface area contributed by atoms with Crippen molar-refractivity contribution in [2.75, 3.05) is 0 Å². The fraction of sp³-hybridized carbons (Fsp3) is 0.360. The summed E-state index contributed by atoms with van der Waals surface area (Å²) >= 11 is 4.36. The lowest BCUT2D eigenvalue weighted by Crippen LogP contribution is -2.35. The summed E-state index contributed by atoms with van der Waals surface area (Å²) in [4.78, 5) is 1.50. The summed E-state index contributed by atoms with van der Waals surface area (Å²) in [6.07, 6.45) is 2.65. The van der Waals surface area contributed by atoms with Crippen LogP contribution >= 0.6 is 23.5 Å². The van der Waals surface area contributed by atoms with E-state index in [-0.39, 0.29) is 10.2 Å². The summed E-state index contributed by atoms with van der Waals surface area (Å²) in [5.74, 6) is 0.585. The molecule has 0 unspecified atom stereocenters. The summed E-state index contributed by atoms with van der Waals surface area (Å²) < 4.78 is 0.0851. The third-order valence-electron chi connectivity index (χ3n) is 6.36. The number of rotatable bonds is 2. The molecule has 1 fully saturated rings. The third-order valence-corrected chi connectivity index (χ3v) is 10.1.